The van der Waals surface area contributed by atoms with E-state index in [0.29, 0.717) is 11.7 Å². The number of carbonyl (C=O) groups is 1. The van der Waals surface area contributed by atoms with Crippen LogP contribution in [0.4, 0.5) is 0 Å². The third kappa shape index (κ3) is 1.66. The largest absolute Gasteiger partial charge is 0.490 e. The van der Waals surface area contributed by atoms with Crippen molar-refractivity contribution in [3.05, 3.63) is 29.3 Å². The number of amides is 1. The van der Waals surface area contributed by atoms with Crippen LogP contribution >= 0.6 is 0 Å². The van der Waals surface area contributed by atoms with Crippen molar-refractivity contribution in [2.24, 2.45) is 11.7 Å². The molecule has 1 aliphatic heterocycles. The number of nitrogens with two attached hydrogens (primary N) is 1. The van der Waals surface area contributed by atoms with Crippen LogP contribution in [0.1, 0.15) is 35.2 Å². The molecule has 0 bridgehead atoms. The Hall–Kier alpha value is -1.51. The Labute approximate surface area is 94.6 Å². The van der Waals surface area contributed by atoms with Crippen LogP contribution in [-0.4, -0.2) is 12.0 Å². The molecule has 0 radical (unpaired) electrons. The van der Waals surface area contributed by atoms with Crippen molar-refractivity contribution in [1.82, 2.24) is 0 Å². The number of primary amides is 1. The lowest BCUT2D eigenvalue weighted by Crippen LogP contribution is -2.25. The van der Waals surface area contributed by atoms with Crippen LogP contribution in [0.25, 0.3) is 0 Å². The fourth-order valence-electron chi connectivity index (χ4n) is 2.36. The highest BCUT2D eigenvalue weighted by atomic mass is 16.5. The lowest BCUT2D eigenvalue weighted by atomic mass is 9.98. The zero-order valence-electron chi connectivity index (χ0n) is 9.11. The monoisotopic (exact) mass is 217 g/mol. The summed E-state index contributed by atoms with van der Waals surface area (Å²) in [6, 6.07) is 5.49. The third-order valence-corrected chi connectivity index (χ3v) is 3.47. The molecule has 1 aromatic rings. The van der Waals surface area contributed by atoms with E-state index in [0.717, 1.165) is 30.1 Å². The van der Waals surface area contributed by atoms with Gasteiger partial charge in [0.25, 0.3) is 0 Å². The predicted octanol–water partition coefficient (Wildman–Crippen LogP) is 1.89. The minimum atomic E-state index is -0.368. The van der Waals surface area contributed by atoms with Crippen molar-refractivity contribution in [2.45, 2.75) is 31.8 Å². The van der Waals surface area contributed by atoms with Gasteiger partial charge in [0, 0.05) is 5.56 Å². The molecule has 1 amide bonds. The first-order valence-electron chi connectivity index (χ1n) is 5.83. The van der Waals surface area contributed by atoms with Crippen molar-refractivity contribution in [3.63, 3.8) is 0 Å². The van der Waals surface area contributed by atoms with E-state index < -0.39 is 0 Å². The molecule has 3 rings (SSSR count). The third-order valence-electron chi connectivity index (χ3n) is 3.47. The summed E-state index contributed by atoms with van der Waals surface area (Å²) in [5.41, 5.74) is 6.95. The molecule has 0 aromatic heterocycles. The lowest BCUT2D eigenvalue weighted by molar-refractivity contribution is 0.0999. The summed E-state index contributed by atoms with van der Waals surface area (Å²) < 4.78 is 5.94. The number of fused-ring (bicyclic) bond motifs is 1. The number of hydrogen-bond acceptors (Lipinski definition) is 2. The number of rotatable bonds is 2. The first-order chi connectivity index (χ1) is 7.74. The molecule has 2 aliphatic rings. The number of ether oxygens (including phenoxy) is 1. The summed E-state index contributed by atoms with van der Waals surface area (Å²) in [5, 5.41) is 0. The van der Waals surface area contributed by atoms with E-state index >= 15 is 0 Å². The summed E-state index contributed by atoms with van der Waals surface area (Å²) in [7, 11) is 0. The topological polar surface area (TPSA) is 52.3 Å². The van der Waals surface area contributed by atoms with Gasteiger partial charge in [0.05, 0.1) is 0 Å². The number of carbonyl (C=O) groups excluding carboxylic acids is 1. The normalized spacial score (nSPS) is 23.4. The van der Waals surface area contributed by atoms with E-state index in [-0.39, 0.29) is 5.91 Å². The van der Waals surface area contributed by atoms with Gasteiger partial charge in [0.1, 0.15) is 11.9 Å². The lowest BCUT2D eigenvalue weighted by Gasteiger charge is -2.26. The van der Waals surface area contributed by atoms with Gasteiger partial charge in [-0.2, -0.15) is 0 Å². The summed E-state index contributed by atoms with van der Waals surface area (Å²) in [6.07, 6.45) is 5.07. The second kappa shape index (κ2) is 3.51. The molecule has 3 nitrogen and oxygen atoms in total. The fourth-order valence-corrected chi connectivity index (χ4v) is 2.36. The van der Waals surface area contributed by atoms with Gasteiger partial charge in [0.2, 0.25) is 5.91 Å². The van der Waals surface area contributed by atoms with Gasteiger partial charge in [-0.15, -0.1) is 0 Å². The molecule has 1 unspecified atom stereocenters. The summed E-state index contributed by atoms with van der Waals surface area (Å²) in [5.74, 6) is 1.34. The molecule has 16 heavy (non-hydrogen) atoms. The fraction of sp³-hybridized carbons (Fsp3) is 0.462. The van der Waals surface area contributed by atoms with Crippen molar-refractivity contribution >= 4 is 5.91 Å². The minimum absolute atomic E-state index is 0.368. The van der Waals surface area contributed by atoms with Crippen molar-refractivity contribution in [1.29, 1.82) is 0 Å². The Balaban J connectivity index is 1.86. The Morgan fingerprint density at radius 2 is 2.12 bits per heavy atom. The maximum Gasteiger partial charge on any atom is 0.248 e. The van der Waals surface area contributed by atoms with Gasteiger partial charge in [-0.05, 0) is 55.4 Å². The SMILES string of the molecule is NC(=O)c1ccc2c(c1)CCC(C1CC1)O2. The van der Waals surface area contributed by atoms with Gasteiger partial charge in [-0.1, -0.05) is 0 Å². The molecule has 1 aromatic carbocycles. The highest BCUT2D eigenvalue weighted by molar-refractivity contribution is 5.93. The van der Waals surface area contributed by atoms with Crippen LogP contribution in [0.15, 0.2) is 18.2 Å². The van der Waals surface area contributed by atoms with Gasteiger partial charge in [-0.25, -0.2) is 0 Å². The average molecular weight is 217 g/mol. The van der Waals surface area contributed by atoms with E-state index in [4.69, 9.17) is 10.5 Å². The van der Waals surface area contributed by atoms with Gasteiger partial charge in [-0.3, -0.25) is 4.79 Å². The highest BCUT2D eigenvalue weighted by Crippen LogP contribution is 2.40. The molecular weight excluding hydrogens is 202 g/mol. The second-order valence-electron chi connectivity index (χ2n) is 4.72. The molecule has 0 saturated heterocycles. The first-order valence-corrected chi connectivity index (χ1v) is 5.83. The predicted molar refractivity (Wildman–Crippen MR) is 60.4 cm³/mol. The van der Waals surface area contributed by atoms with Crippen LogP contribution in [0.5, 0.6) is 5.75 Å². The zero-order chi connectivity index (χ0) is 11.1. The van der Waals surface area contributed by atoms with E-state index in [1.807, 2.05) is 12.1 Å². The van der Waals surface area contributed by atoms with Gasteiger partial charge >= 0.3 is 0 Å². The Kier molecular flexibility index (Phi) is 2.13. The van der Waals surface area contributed by atoms with Crippen LogP contribution in [-0.2, 0) is 6.42 Å². The summed E-state index contributed by atoms with van der Waals surface area (Å²) in [4.78, 5) is 11.1. The standard InChI is InChI=1S/C13H15NO2/c14-13(15)10-4-6-12-9(7-10)3-5-11(16-12)8-1-2-8/h4,6-8,11H,1-3,5H2,(H2,14,15). The minimum Gasteiger partial charge on any atom is -0.490 e. The summed E-state index contributed by atoms with van der Waals surface area (Å²) in [6.45, 7) is 0. The average Bonchev–Trinajstić information content (AvgIpc) is 3.11. The second-order valence-corrected chi connectivity index (χ2v) is 4.72. The maximum absolute atomic E-state index is 11.1. The first kappa shape index (κ1) is 9.70. The molecule has 2 N–H and O–H groups in total. The zero-order valence-corrected chi connectivity index (χ0v) is 9.11. The molecule has 3 heteroatoms. The molecule has 1 heterocycles. The number of hydrogen-bond donors (Lipinski definition) is 1. The van der Waals surface area contributed by atoms with Crippen LogP contribution < -0.4 is 10.5 Å². The molecular formula is C13H15NO2. The van der Waals surface area contributed by atoms with Gasteiger partial charge in [0.15, 0.2) is 0 Å². The van der Waals surface area contributed by atoms with Crippen LogP contribution in [0.3, 0.4) is 0 Å². The van der Waals surface area contributed by atoms with E-state index in [1.165, 1.54) is 12.8 Å². The van der Waals surface area contributed by atoms with Crippen LogP contribution in [0.2, 0.25) is 0 Å². The number of benzene rings is 1. The molecule has 1 aliphatic carbocycles. The molecule has 1 fully saturated rings. The van der Waals surface area contributed by atoms with Gasteiger partial charge < -0.3 is 10.5 Å². The molecule has 1 saturated carbocycles. The van der Waals surface area contributed by atoms with Crippen molar-refractivity contribution < 1.29 is 9.53 Å². The maximum atomic E-state index is 11.1. The van der Waals surface area contributed by atoms with Crippen molar-refractivity contribution in [2.75, 3.05) is 0 Å². The molecule has 1 atom stereocenters. The molecule has 84 valence electrons. The quantitative estimate of drug-likeness (QED) is 0.822. The Morgan fingerprint density at radius 3 is 2.81 bits per heavy atom. The number of aryl methyl sites for hydroxylation is 1. The Morgan fingerprint density at radius 1 is 1.31 bits per heavy atom. The highest BCUT2D eigenvalue weighted by Gasteiger charge is 2.35. The Bertz CT molecular complexity index is 438. The molecule has 0 spiro atoms. The smallest absolute Gasteiger partial charge is 0.248 e. The van der Waals surface area contributed by atoms with E-state index in [9.17, 15) is 4.79 Å². The van der Waals surface area contributed by atoms with Crippen LogP contribution in [0, 0.1) is 5.92 Å². The summed E-state index contributed by atoms with van der Waals surface area (Å²) >= 11 is 0. The van der Waals surface area contributed by atoms with E-state index in [1.54, 1.807) is 6.07 Å². The van der Waals surface area contributed by atoms with E-state index in [2.05, 4.69) is 0 Å². The van der Waals surface area contributed by atoms with Crippen molar-refractivity contribution in [3.8, 4) is 5.75 Å².